The first kappa shape index (κ1) is 21.0. The number of nitrogens with zero attached hydrogens (tertiary/aromatic N) is 2. The Morgan fingerprint density at radius 1 is 1.15 bits per heavy atom. The summed E-state index contributed by atoms with van der Waals surface area (Å²) in [4.78, 5) is 4.64. The zero-order valence-electron chi connectivity index (χ0n) is 16.7. The van der Waals surface area contributed by atoms with Crippen LogP contribution < -0.4 is 9.47 Å². The molecule has 0 bridgehead atoms. The van der Waals surface area contributed by atoms with Crippen LogP contribution in [0, 0.1) is 0 Å². The van der Waals surface area contributed by atoms with E-state index in [1.807, 2.05) is 12.1 Å². The Balaban J connectivity index is 1.85. The number of aliphatic hydroxyl groups excluding tert-OH is 1. The molecule has 0 unspecified atom stereocenters. The average molecular weight is 365 g/mol. The van der Waals surface area contributed by atoms with Crippen molar-refractivity contribution in [1.29, 1.82) is 0 Å². The molecule has 1 heterocycles. The number of ether oxygens (including phenoxy) is 2. The van der Waals surface area contributed by atoms with Crippen molar-refractivity contribution in [2.24, 2.45) is 0 Å². The summed E-state index contributed by atoms with van der Waals surface area (Å²) < 4.78 is 11.3. The quantitative estimate of drug-likeness (QED) is 0.691. The maximum absolute atomic E-state index is 10.3. The summed E-state index contributed by atoms with van der Waals surface area (Å²) in [5, 5.41) is 10.3. The summed E-state index contributed by atoms with van der Waals surface area (Å²) >= 11 is 0. The third kappa shape index (κ3) is 7.14. The third-order valence-corrected chi connectivity index (χ3v) is 4.88. The number of aliphatic hydroxyl groups is 1. The third-order valence-electron chi connectivity index (χ3n) is 4.88. The van der Waals surface area contributed by atoms with Crippen molar-refractivity contribution < 1.29 is 14.6 Å². The number of methoxy groups -OCH3 is 1. The standard InChI is InChI=1S/C21H36N2O3/c1-4-11-22(2)15-18-9-10-20(21(14-18)25-3)26-17-19(24)16-23-12-7-5-6-8-13-23/h9-10,14,19,24H,4-8,11-13,15-17H2,1-3H3/t19-/m1/s1. The van der Waals surface area contributed by atoms with Crippen LogP contribution in [0.4, 0.5) is 0 Å². The van der Waals surface area contributed by atoms with E-state index < -0.39 is 6.10 Å². The van der Waals surface area contributed by atoms with Gasteiger partial charge in [0.05, 0.1) is 7.11 Å². The van der Waals surface area contributed by atoms with Gasteiger partial charge in [0.15, 0.2) is 11.5 Å². The lowest BCUT2D eigenvalue weighted by Crippen LogP contribution is -2.36. The molecule has 0 radical (unpaired) electrons. The molecule has 0 aromatic heterocycles. The second kappa shape index (κ2) is 11.4. The number of benzene rings is 1. The van der Waals surface area contributed by atoms with Gasteiger partial charge in [0, 0.05) is 13.1 Å². The Kier molecular flexibility index (Phi) is 9.23. The monoisotopic (exact) mass is 364 g/mol. The van der Waals surface area contributed by atoms with Crippen LogP contribution in [-0.4, -0.2) is 68.0 Å². The number of likely N-dealkylation sites (tertiary alicyclic amines) is 1. The van der Waals surface area contributed by atoms with Gasteiger partial charge in [-0.15, -0.1) is 0 Å². The molecule has 148 valence electrons. The molecule has 1 aliphatic rings. The second-order valence-electron chi connectivity index (χ2n) is 7.40. The molecule has 1 atom stereocenters. The van der Waals surface area contributed by atoms with E-state index in [4.69, 9.17) is 9.47 Å². The molecule has 1 saturated heterocycles. The SMILES string of the molecule is CCCN(C)Cc1ccc(OC[C@H](O)CN2CCCCCC2)c(OC)c1. The van der Waals surface area contributed by atoms with Gasteiger partial charge in [-0.25, -0.2) is 0 Å². The topological polar surface area (TPSA) is 45.2 Å². The average Bonchev–Trinajstić information content (AvgIpc) is 2.89. The van der Waals surface area contributed by atoms with E-state index in [0.29, 0.717) is 18.9 Å². The van der Waals surface area contributed by atoms with Crippen LogP contribution in [-0.2, 0) is 6.54 Å². The van der Waals surface area contributed by atoms with Crippen LogP contribution in [0.5, 0.6) is 11.5 Å². The molecule has 1 aromatic carbocycles. The van der Waals surface area contributed by atoms with Crippen LogP contribution in [0.15, 0.2) is 18.2 Å². The van der Waals surface area contributed by atoms with Crippen molar-refractivity contribution in [3.63, 3.8) is 0 Å². The Morgan fingerprint density at radius 2 is 1.88 bits per heavy atom. The van der Waals surface area contributed by atoms with Gasteiger partial charge in [0.1, 0.15) is 12.7 Å². The molecule has 1 fully saturated rings. The van der Waals surface area contributed by atoms with Crippen LogP contribution in [0.2, 0.25) is 0 Å². The second-order valence-corrected chi connectivity index (χ2v) is 7.40. The summed E-state index contributed by atoms with van der Waals surface area (Å²) in [6, 6.07) is 6.06. The predicted molar refractivity (Wildman–Crippen MR) is 106 cm³/mol. The first-order chi connectivity index (χ1) is 12.6. The molecule has 1 N–H and O–H groups in total. The minimum atomic E-state index is -0.479. The van der Waals surface area contributed by atoms with Gasteiger partial charge in [-0.05, 0) is 63.6 Å². The lowest BCUT2D eigenvalue weighted by molar-refractivity contribution is 0.0683. The van der Waals surface area contributed by atoms with E-state index in [9.17, 15) is 5.11 Å². The van der Waals surface area contributed by atoms with E-state index in [0.717, 1.165) is 38.3 Å². The summed E-state index contributed by atoms with van der Waals surface area (Å²) in [6.45, 7) is 7.29. The molecule has 0 saturated carbocycles. The van der Waals surface area contributed by atoms with E-state index in [1.54, 1.807) is 7.11 Å². The minimum Gasteiger partial charge on any atom is -0.493 e. The fourth-order valence-corrected chi connectivity index (χ4v) is 3.56. The van der Waals surface area contributed by atoms with Crippen LogP contribution >= 0.6 is 0 Å². The Labute approximate surface area is 158 Å². The highest BCUT2D eigenvalue weighted by Crippen LogP contribution is 2.28. The van der Waals surface area contributed by atoms with Crippen LogP contribution in [0.1, 0.15) is 44.6 Å². The highest BCUT2D eigenvalue weighted by molar-refractivity contribution is 5.43. The van der Waals surface area contributed by atoms with Gasteiger partial charge in [0.2, 0.25) is 0 Å². The van der Waals surface area contributed by atoms with Gasteiger partial charge in [-0.1, -0.05) is 25.8 Å². The fraction of sp³-hybridized carbons (Fsp3) is 0.714. The van der Waals surface area contributed by atoms with Gasteiger partial charge < -0.3 is 24.4 Å². The largest absolute Gasteiger partial charge is 0.493 e. The number of hydrogen-bond donors (Lipinski definition) is 1. The lowest BCUT2D eigenvalue weighted by Gasteiger charge is -2.23. The molecule has 0 spiro atoms. The van der Waals surface area contributed by atoms with E-state index in [-0.39, 0.29) is 0 Å². The fourth-order valence-electron chi connectivity index (χ4n) is 3.56. The maximum atomic E-state index is 10.3. The molecule has 1 aliphatic heterocycles. The van der Waals surface area contributed by atoms with Gasteiger partial charge in [-0.3, -0.25) is 0 Å². The predicted octanol–water partition coefficient (Wildman–Crippen LogP) is 3.15. The summed E-state index contributed by atoms with van der Waals surface area (Å²) in [6.07, 6.45) is 5.74. The Morgan fingerprint density at radius 3 is 2.54 bits per heavy atom. The van der Waals surface area contributed by atoms with Crippen LogP contribution in [0.3, 0.4) is 0 Å². The molecule has 0 aliphatic carbocycles. The summed E-state index contributed by atoms with van der Waals surface area (Å²) in [5.41, 5.74) is 1.20. The van der Waals surface area contributed by atoms with Crippen molar-refractivity contribution in [3.05, 3.63) is 23.8 Å². The lowest BCUT2D eigenvalue weighted by atomic mass is 10.2. The molecule has 2 rings (SSSR count). The number of rotatable bonds is 10. The number of hydrogen-bond acceptors (Lipinski definition) is 5. The normalized spacial score (nSPS) is 17.1. The van der Waals surface area contributed by atoms with E-state index in [1.165, 1.54) is 31.2 Å². The van der Waals surface area contributed by atoms with Crippen molar-refractivity contribution >= 4 is 0 Å². The zero-order chi connectivity index (χ0) is 18.8. The molecule has 26 heavy (non-hydrogen) atoms. The van der Waals surface area contributed by atoms with E-state index in [2.05, 4.69) is 29.8 Å². The van der Waals surface area contributed by atoms with Gasteiger partial charge in [-0.2, -0.15) is 0 Å². The molecule has 5 heteroatoms. The van der Waals surface area contributed by atoms with Crippen molar-refractivity contribution in [1.82, 2.24) is 9.80 Å². The van der Waals surface area contributed by atoms with Crippen LogP contribution in [0.25, 0.3) is 0 Å². The molecular weight excluding hydrogens is 328 g/mol. The maximum Gasteiger partial charge on any atom is 0.161 e. The van der Waals surface area contributed by atoms with Gasteiger partial charge in [0.25, 0.3) is 0 Å². The smallest absolute Gasteiger partial charge is 0.161 e. The zero-order valence-corrected chi connectivity index (χ0v) is 16.7. The number of β-amino-alcohol motifs (C(OH)–C–C–N with tert-alkyl or cyclic N) is 1. The molecule has 1 aromatic rings. The van der Waals surface area contributed by atoms with Crippen molar-refractivity contribution in [3.8, 4) is 11.5 Å². The Bertz CT molecular complexity index is 516. The Hall–Kier alpha value is -1.30. The summed E-state index contributed by atoms with van der Waals surface area (Å²) in [5.74, 6) is 1.43. The molecular formula is C21H36N2O3. The molecule has 0 amide bonds. The van der Waals surface area contributed by atoms with Gasteiger partial charge >= 0.3 is 0 Å². The van der Waals surface area contributed by atoms with E-state index >= 15 is 0 Å². The molecule has 5 nitrogen and oxygen atoms in total. The minimum absolute atomic E-state index is 0.294. The first-order valence-corrected chi connectivity index (χ1v) is 10.0. The first-order valence-electron chi connectivity index (χ1n) is 10.0. The highest BCUT2D eigenvalue weighted by atomic mass is 16.5. The van der Waals surface area contributed by atoms with Crippen molar-refractivity contribution in [2.45, 2.75) is 51.7 Å². The van der Waals surface area contributed by atoms with Crippen molar-refractivity contribution in [2.75, 3.05) is 46.9 Å². The summed E-state index contributed by atoms with van der Waals surface area (Å²) in [7, 11) is 3.79. The highest BCUT2D eigenvalue weighted by Gasteiger charge is 2.15.